The first kappa shape index (κ1) is 22.1. The standard InChI is InChI=1S/C21H22N2O5S2/c1-22(13-17(25)14-6-8-15(24)9-7-14)19(26)5-2-10-23-20(27)18(30-21(23)29)12-16-4-3-11-28-16/h3-4,6-9,11-12,17,24-25H,2,5,10,13H2,1H3. The first-order valence-electron chi connectivity index (χ1n) is 9.35. The molecular formula is C21H22N2O5S2. The van der Waals surface area contributed by atoms with Gasteiger partial charge in [0.05, 0.1) is 23.8 Å². The molecule has 1 unspecified atom stereocenters. The van der Waals surface area contributed by atoms with Crippen molar-refractivity contribution in [2.45, 2.75) is 18.9 Å². The predicted octanol–water partition coefficient (Wildman–Crippen LogP) is 3.16. The van der Waals surface area contributed by atoms with Crippen molar-refractivity contribution < 1.29 is 24.2 Å². The molecule has 0 saturated carbocycles. The zero-order valence-corrected chi connectivity index (χ0v) is 18.0. The molecule has 0 bridgehead atoms. The van der Waals surface area contributed by atoms with Crippen molar-refractivity contribution in [1.82, 2.24) is 9.80 Å². The molecule has 2 aromatic rings. The van der Waals surface area contributed by atoms with Crippen molar-refractivity contribution >= 4 is 46.2 Å². The topological polar surface area (TPSA) is 94.2 Å². The van der Waals surface area contributed by atoms with E-state index >= 15 is 0 Å². The van der Waals surface area contributed by atoms with Crippen LogP contribution in [0.5, 0.6) is 5.75 Å². The van der Waals surface area contributed by atoms with E-state index in [1.54, 1.807) is 37.4 Å². The van der Waals surface area contributed by atoms with E-state index in [1.165, 1.54) is 40.0 Å². The zero-order chi connectivity index (χ0) is 21.7. The third-order valence-corrected chi connectivity index (χ3v) is 5.99. The molecule has 1 fully saturated rings. The zero-order valence-electron chi connectivity index (χ0n) is 16.4. The lowest BCUT2D eigenvalue weighted by atomic mass is 10.1. The Hall–Kier alpha value is -2.62. The van der Waals surface area contributed by atoms with Crippen LogP contribution >= 0.6 is 24.0 Å². The largest absolute Gasteiger partial charge is 0.508 e. The molecule has 3 rings (SSSR count). The summed E-state index contributed by atoms with van der Waals surface area (Å²) in [6, 6.07) is 9.71. The molecule has 1 aromatic carbocycles. The lowest BCUT2D eigenvalue weighted by molar-refractivity contribution is -0.131. The number of rotatable bonds is 8. The van der Waals surface area contributed by atoms with Gasteiger partial charge in [-0.3, -0.25) is 14.5 Å². The Balaban J connectivity index is 1.47. The Morgan fingerprint density at radius 3 is 2.73 bits per heavy atom. The molecule has 2 N–H and O–H groups in total. The molecule has 0 spiro atoms. The van der Waals surface area contributed by atoms with Crippen LogP contribution in [0, 0.1) is 0 Å². The fourth-order valence-corrected chi connectivity index (χ4v) is 4.23. The molecule has 0 aliphatic carbocycles. The van der Waals surface area contributed by atoms with Crippen molar-refractivity contribution in [3.05, 3.63) is 58.9 Å². The molecule has 7 nitrogen and oxygen atoms in total. The molecule has 158 valence electrons. The molecule has 30 heavy (non-hydrogen) atoms. The molecule has 1 aliphatic heterocycles. The van der Waals surface area contributed by atoms with Gasteiger partial charge in [0, 0.05) is 26.1 Å². The first-order chi connectivity index (χ1) is 14.3. The number of hydrogen-bond donors (Lipinski definition) is 2. The number of carbonyl (C=O) groups excluding carboxylic acids is 2. The highest BCUT2D eigenvalue weighted by molar-refractivity contribution is 8.26. The van der Waals surface area contributed by atoms with E-state index in [-0.39, 0.29) is 30.5 Å². The lowest BCUT2D eigenvalue weighted by Crippen LogP contribution is -2.33. The number of carbonyl (C=O) groups is 2. The van der Waals surface area contributed by atoms with Crippen LogP contribution in [-0.2, 0) is 9.59 Å². The predicted molar refractivity (Wildman–Crippen MR) is 119 cm³/mol. The molecule has 2 heterocycles. The second-order valence-corrected chi connectivity index (χ2v) is 8.51. The third-order valence-electron chi connectivity index (χ3n) is 4.61. The summed E-state index contributed by atoms with van der Waals surface area (Å²) in [5, 5.41) is 19.6. The van der Waals surface area contributed by atoms with E-state index in [0.717, 1.165) is 0 Å². The highest BCUT2D eigenvalue weighted by Gasteiger charge is 2.32. The molecule has 1 atom stereocenters. The maximum Gasteiger partial charge on any atom is 0.266 e. The van der Waals surface area contributed by atoms with Gasteiger partial charge in [0.1, 0.15) is 15.8 Å². The number of nitrogens with zero attached hydrogens (tertiary/aromatic N) is 2. The maximum absolute atomic E-state index is 12.5. The second kappa shape index (κ2) is 9.92. The highest BCUT2D eigenvalue weighted by atomic mass is 32.2. The van der Waals surface area contributed by atoms with Gasteiger partial charge >= 0.3 is 0 Å². The molecule has 9 heteroatoms. The SMILES string of the molecule is CN(CC(O)c1ccc(O)cc1)C(=O)CCCN1C(=O)C(=Cc2ccco2)SC1=S. The molecule has 2 amide bonds. The van der Waals surface area contributed by atoms with Gasteiger partial charge in [-0.2, -0.15) is 0 Å². The number of aromatic hydroxyl groups is 1. The average Bonchev–Trinajstić information content (AvgIpc) is 3.32. The van der Waals surface area contributed by atoms with E-state index in [2.05, 4.69) is 0 Å². The fourth-order valence-electron chi connectivity index (χ4n) is 2.94. The van der Waals surface area contributed by atoms with Gasteiger partial charge in [-0.15, -0.1) is 0 Å². The summed E-state index contributed by atoms with van der Waals surface area (Å²) in [5.41, 5.74) is 0.619. The lowest BCUT2D eigenvalue weighted by Gasteiger charge is -2.22. The van der Waals surface area contributed by atoms with Crippen LogP contribution in [0.4, 0.5) is 0 Å². The Kier molecular flexibility index (Phi) is 7.30. The van der Waals surface area contributed by atoms with Gasteiger partial charge in [0.25, 0.3) is 5.91 Å². The van der Waals surface area contributed by atoms with Crippen molar-refractivity contribution in [2.75, 3.05) is 20.1 Å². The van der Waals surface area contributed by atoms with Crippen LogP contribution in [0.25, 0.3) is 6.08 Å². The van der Waals surface area contributed by atoms with Crippen molar-refractivity contribution in [3.8, 4) is 5.75 Å². The van der Waals surface area contributed by atoms with Crippen LogP contribution in [0.3, 0.4) is 0 Å². The van der Waals surface area contributed by atoms with Gasteiger partial charge in [0.15, 0.2) is 0 Å². The number of phenols is 1. The minimum absolute atomic E-state index is 0.116. The minimum Gasteiger partial charge on any atom is -0.508 e. The van der Waals surface area contributed by atoms with Gasteiger partial charge in [0.2, 0.25) is 5.91 Å². The van der Waals surface area contributed by atoms with Crippen LogP contribution in [-0.4, -0.2) is 56.3 Å². The third kappa shape index (κ3) is 5.50. The molecule has 1 saturated heterocycles. The van der Waals surface area contributed by atoms with Gasteiger partial charge in [-0.1, -0.05) is 36.1 Å². The number of hydrogen-bond acceptors (Lipinski definition) is 7. The Morgan fingerprint density at radius 2 is 2.07 bits per heavy atom. The molecular weight excluding hydrogens is 424 g/mol. The Labute approximate surface area is 184 Å². The van der Waals surface area contributed by atoms with Crippen LogP contribution in [0.2, 0.25) is 0 Å². The molecule has 0 radical (unpaired) electrons. The first-order valence-corrected chi connectivity index (χ1v) is 10.6. The Morgan fingerprint density at radius 1 is 1.33 bits per heavy atom. The fraction of sp³-hybridized carbons (Fsp3) is 0.286. The summed E-state index contributed by atoms with van der Waals surface area (Å²) < 4.78 is 5.70. The number of thioether (sulfide) groups is 1. The van der Waals surface area contributed by atoms with Gasteiger partial charge < -0.3 is 19.5 Å². The van der Waals surface area contributed by atoms with Crippen molar-refractivity contribution in [3.63, 3.8) is 0 Å². The number of aliphatic hydroxyl groups is 1. The van der Waals surface area contributed by atoms with Gasteiger partial charge in [-0.05, 0) is 36.2 Å². The van der Waals surface area contributed by atoms with Crippen LogP contribution in [0.1, 0.15) is 30.3 Å². The number of aliphatic hydroxyl groups excluding tert-OH is 1. The molecule has 1 aromatic heterocycles. The monoisotopic (exact) mass is 446 g/mol. The Bertz CT molecular complexity index is 941. The number of furan rings is 1. The van der Waals surface area contributed by atoms with E-state index in [0.29, 0.717) is 33.5 Å². The van der Waals surface area contributed by atoms with Crippen molar-refractivity contribution in [1.29, 1.82) is 0 Å². The summed E-state index contributed by atoms with van der Waals surface area (Å²) in [5.74, 6) is 0.374. The van der Waals surface area contributed by atoms with E-state index in [1.807, 2.05) is 0 Å². The summed E-state index contributed by atoms with van der Waals surface area (Å²) in [7, 11) is 1.62. The van der Waals surface area contributed by atoms with Crippen LogP contribution in [0.15, 0.2) is 52.0 Å². The van der Waals surface area contributed by atoms with E-state index in [9.17, 15) is 19.8 Å². The summed E-state index contributed by atoms with van der Waals surface area (Å²) in [6.07, 6.45) is 3.03. The second-order valence-electron chi connectivity index (χ2n) is 6.83. The summed E-state index contributed by atoms with van der Waals surface area (Å²) >= 11 is 6.51. The number of thiocarbonyl (C=S) groups is 1. The minimum atomic E-state index is -0.849. The maximum atomic E-state index is 12.5. The number of likely N-dealkylation sites (N-methyl/N-ethyl adjacent to an activating group) is 1. The quantitative estimate of drug-likeness (QED) is 0.475. The summed E-state index contributed by atoms with van der Waals surface area (Å²) in [6.45, 7) is 0.483. The number of phenolic OH excluding ortho intramolecular Hbond substituents is 1. The number of amides is 2. The highest BCUT2D eigenvalue weighted by Crippen LogP contribution is 2.32. The molecule has 1 aliphatic rings. The van der Waals surface area contributed by atoms with Crippen LogP contribution < -0.4 is 0 Å². The normalized spacial score (nSPS) is 16.3. The van der Waals surface area contributed by atoms with Crippen molar-refractivity contribution in [2.24, 2.45) is 0 Å². The average molecular weight is 447 g/mol. The number of benzene rings is 1. The summed E-state index contributed by atoms with van der Waals surface area (Å²) in [4.78, 5) is 28.4. The van der Waals surface area contributed by atoms with E-state index in [4.69, 9.17) is 16.6 Å². The smallest absolute Gasteiger partial charge is 0.266 e. The van der Waals surface area contributed by atoms with Gasteiger partial charge in [-0.25, -0.2) is 0 Å². The van der Waals surface area contributed by atoms with E-state index < -0.39 is 6.10 Å².